The van der Waals surface area contributed by atoms with Crippen molar-refractivity contribution in [3.63, 3.8) is 0 Å². The topological polar surface area (TPSA) is 146 Å². The number of esters is 1. The molecule has 1 fully saturated rings. The Morgan fingerprint density at radius 2 is 1.77 bits per heavy atom. The summed E-state index contributed by atoms with van der Waals surface area (Å²) in [6, 6.07) is 20.3. The van der Waals surface area contributed by atoms with E-state index in [1.54, 1.807) is 73.7 Å². The highest BCUT2D eigenvalue weighted by atomic mass is 32.2. The number of amides is 1. The summed E-state index contributed by atoms with van der Waals surface area (Å²) in [4.78, 5) is 29.8. The Morgan fingerprint density at radius 3 is 2.45 bits per heavy atom. The third-order valence-electron chi connectivity index (χ3n) is 6.66. The number of piperazine rings is 1. The van der Waals surface area contributed by atoms with E-state index in [-0.39, 0.29) is 42.3 Å². The first-order valence-electron chi connectivity index (χ1n) is 12.9. The first-order valence-corrected chi connectivity index (χ1v) is 14.8. The number of amidine groups is 1. The van der Waals surface area contributed by atoms with Crippen LogP contribution in [0.2, 0.25) is 0 Å². The van der Waals surface area contributed by atoms with E-state index in [1.165, 1.54) is 6.26 Å². The fraction of sp³-hybridized carbons (Fsp3) is 0.276. The molecule has 0 radical (unpaired) electrons. The lowest BCUT2D eigenvalue weighted by molar-refractivity contribution is -0.144. The average Bonchev–Trinajstić information content (AvgIpc) is 2.93. The van der Waals surface area contributed by atoms with Crippen LogP contribution in [0.25, 0.3) is 11.1 Å². The molecule has 0 aromatic heterocycles. The Hall–Kier alpha value is -4.22. The van der Waals surface area contributed by atoms with E-state index in [0.717, 1.165) is 5.69 Å². The number of carbonyl (C=O) groups is 2. The van der Waals surface area contributed by atoms with Crippen molar-refractivity contribution in [2.24, 2.45) is 5.73 Å². The van der Waals surface area contributed by atoms with Crippen molar-refractivity contribution in [3.05, 3.63) is 78.4 Å². The average molecular weight is 564 g/mol. The van der Waals surface area contributed by atoms with Crippen LogP contribution in [0.1, 0.15) is 12.5 Å². The van der Waals surface area contributed by atoms with Gasteiger partial charge in [-0.25, -0.2) is 8.42 Å². The molecule has 210 valence electrons. The number of nitrogen functional groups attached to an aromatic ring is 1. The van der Waals surface area contributed by atoms with Crippen molar-refractivity contribution in [1.82, 2.24) is 4.90 Å². The highest BCUT2D eigenvalue weighted by molar-refractivity contribution is 7.90. The van der Waals surface area contributed by atoms with Gasteiger partial charge in [-0.2, -0.15) is 0 Å². The molecule has 3 aromatic rings. The lowest BCUT2D eigenvalue weighted by atomic mass is 10.0. The Morgan fingerprint density at radius 1 is 1.05 bits per heavy atom. The molecule has 0 bridgehead atoms. The van der Waals surface area contributed by atoms with Crippen molar-refractivity contribution < 1.29 is 22.7 Å². The molecule has 1 amide bonds. The lowest BCUT2D eigenvalue weighted by Gasteiger charge is -2.41. The zero-order valence-corrected chi connectivity index (χ0v) is 23.3. The maximum atomic E-state index is 13.6. The highest BCUT2D eigenvalue weighted by Crippen LogP contribution is 2.29. The SMILES string of the molecule is CCOC(=O)CN1CCN(c2cccc(C(=N)N)c2)C(C(=O)Nc2ccc(-c3ccccc3S(C)(=O)=O)cc2)C1. The van der Waals surface area contributed by atoms with Crippen LogP contribution in [0.4, 0.5) is 11.4 Å². The van der Waals surface area contributed by atoms with Gasteiger partial charge in [0.05, 0.1) is 18.0 Å². The van der Waals surface area contributed by atoms with Gasteiger partial charge in [-0.3, -0.25) is 19.9 Å². The van der Waals surface area contributed by atoms with Crippen LogP contribution in [-0.2, 0) is 24.2 Å². The van der Waals surface area contributed by atoms with Gasteiger partial charge in [0.2, 0.25) is 5.91 Å². The summed E-state index contributed by atoms with van der Waals surface area (Å²) in [6.07, 6.45) is 1.17. The van der Waals surface area contributed by atoms with Crippen LogP contribution in [0, 0.1) is 5.41 Å². The summed E-state index contributed by atoms with van der Waals surface area (Å²) in [7, 11) is -3.42. The van der Waals surface area contributed by atoms with Crippen LogP contribution < -0.4 is 16.0 Å². The van der Waals surface area contributed by atoms with Gasteiger partial charge < -0.3 is 20.7 Å². The third kappa shape index (κ3) is 6.85. The predicted octanol–water partition coefficient (Wildman–Crippen LogP) is 2.73. The van der Waals surface area contributed by atoms with Crippen molar-refractivity contribution in [2.75, 3.05) is 49.3 Å². The first-order chi connectivity index (χ1) is 19.1. The fourth-order valence-corrected chi connectivity index (χ4v) is 5.66. The zero-order chi connectivity index (χ0) is 28.9. The van der Waals surface area contributed by atoms with Crippen molar-refractivity contribution in [3.8, 4) is 11.1 Å². The molecule has 1 aliphatic rings. The van der Waals surface area contributed by atoms with Crippen LogP contribution in [0.15, 0.2) is 77.7 Å². The molecule has 1 saturated heterocycles. The molecule has 4 N–H and O–H groups in total. The predicted molar refractivity (Wildman–Crippen MR) is 155 cm³/mol. The van der Waals surface area contributed by atoms with Gasteiger partial charge in [0.1, 0.15) is 11.9 Å². The molecule has 0 saturated carbocycles. The number of rotatable bonds is 9. The van der Waals surface area contributed by atoms with E-state index in [2.05, 4.69) is 5.32 Å². The summed E-state index contributed by atoms with van der Waals surface area (Å²) in [5.74, 6) is -0.689. The quantitative estimate of drug-likeness (QED) is 0.205. The smallest absolute Gasteiger partial charge is 0.320 e. The highest BCUT2D eigenvalue weighted by Gasteiger charge is 2.34. The third-order valence-corrected chi connectivity index (χ3v) is 7.82. The molecule has 10 nitrogen and oxygen atoms in total. The van der Waals surface area contributed by atoms with E-state index in [1.807, 2.05) is 15.9 Å². The molecule has 3 aromatic carbocycles. The van der Waals surface area contributed by atoms with Crippen molar-refractivity contribution in [1.29, 1.82) is 5.41 Å². The van der Waals surface area contributed by atoms with E-state index in [9.17, 15) is 18.0 Å². The number of benzene rings is 3. The molecule has 1 heterocycles. The van der Waals surface area contributed by atoms with Gasteiger partial charge >= 0.3 is 5.97 Å². The summed E-state index contributed by atoms with van der Waals surface area (Å²) in [5, 5.41) is 10.8. The second-order valence-corrected chi connectivity index (χ2v) is 11.5. The molecular formula is C29H33N5O5S. The van der Waals surface area contributed by atoms with E-state index < -0.39 is 15.9 Å². The number of carbonyl (C=O) groups excluding carboxylic acids is 2. The van der Waals surface area contributed by atoms with E-state index in [4.69, 9.17) is 15.9 Å². The van der Waals surface area contributed by atoms with Gasteiger partial charge in [-0.05, 0) is 42.8 Å². The van der Waals surface area contributed by atoms with Crippen molar-refractivity contribution in [2.45, 2.75) is 17.9 Å². The van der Waals surface area contributed by atoms with Gasteiger partial charge in [0.25, 0.3) is 0 Å². The Bertz CT molecular complexity index is 1510. The minimum Gasteiger partial charge on any atom is -0.465 e. The summed E-state index contributed by atoms with van der Waals surface area (Å²) < 4.78 is 29.6. The first kappa shape index (κ1) is 28.8. The number of hydrogen-bond acceptors (Lipinski definition) is 8. The number of nitrogens with one attached hydrogen (secondary N) is 2. The molecule has 40 heavy (non-hydrogen) atoms. The molecule has 1 atom stereocenters. The van der Waals surface area contributed by atoms with Gasteiger partial charge in [0, 0.05) is 48.4 Å². The van der Waals surface area contributed by atoms with E-state index in [0.29, 0.717) is 35.5 Å². The molecule has 1 unspecified atom stereocenters. The molecule has 11 heteroatoms. The summed E-state index contributed by atoms with van der Waals surface area (Å²) in [5.41, 5.74) is 8.83. The summed E-state index contributed by atoms with van der Waals surface area (Å²) in [6.45, 7) is 3.41. The zero-order valence-electron chi connectivity index (χ0n) is 22.5. The van der Waals surface area contributed by atoms with Crippen LogP contribution in [0.5, 0.6) is 0 Å². The molecular weight excluding hydrogens is 530 g/mol. The summed E-state index contributed by atoms with van der Waals surface area (Å²) >= 11 is 0. The van der Waals surface area contributed by atoms with E-state index >= 15 is 0 Å². The Balaban J connectivity index is 1.57. The maximum absolute atomic E-state index is 13.6. The van der Waals surface area contributed by atoms with Crippen molar-refractivity contribution >= 4 is 38.9 Å². The molecule has 0 aliphatic carbocycles. The number of nitrogens with two attached hydrogens (primary N) is 1. The van der Waals surface area contributed by atoms with Gasteiger partial charge in [-0.15, -0.1) is 0 Å². The van der Waals surface area contributed by atoms with Gasteiger partial charge in [-0.1, -0.05) is 42.5 Å². The minimum absolute atomic E-state index is 0.0682. The minimum atomic E-state index is -3.42. The number of sulfone groups is 1. The number of nitrogens with zero attached hydrogens (tertiary/aromatic N) is 2. The largest absolute Gasteiger partial charge is 0.465 e. The molecule has 0 spiro atoms. The fourth-order valence-electron chi connectivity index (χ4n) is 4.74. The van der Waals surface area contributed by atoms with Gasteiger partial charge in [0.15, 0.2) is 9.84 Å². The van der Waals surface area contributed by atoms with Crippen LogP contribution in [-0.4, -0.2) is 76.1 Å². The second-order valence-electron chi connectivity index (χ2n) is 9.55. The monoisotopic (exact) mass is 563 g/mol. The molecule has 4 rings (SSSR count). The lowest BCUT2D eigenvalue weighted by Crippen LogP contribution is -2.58. The second kappa shape index (κ2) is 12.3. The normalized spacial score (nSPS) is 15.8. The number of ether oxygens (including phenoxy) is 1. The van der Waals surface area contributed by atoms with Crippen LogP contribution >= 0.6 is 0 Å². The Kier molecular flexibility index (Phi) is 8.86. The number of hydrogen-bond donors (Lipinski definition) is 3. The molecule has 1 aliphatic heterocycles. The Labute approximate surface area is 234 Å². The number of anilines is 2. The maximum Gasteiger partial charge on any atom is 0.320 e. The standard InChI is InChI=1S/C29H33N5O5S/c1-3-39-27(35)19-33-15-16-34(23-8-6-7-21(17-23)28(30)31)25(18-33)29(36)32-22-13-11-20(12-14-22)24-9-4-5-10-26(24)40(2,37)38/h4-14,17,25H,3,15-16,18-19H2,1-2H3,(H3,30,31)(H,32,36). The van der Waals surface area contributed by atoms with Crippen LogP contribution in [0.3, 0.4) is 0 Å².